The zero-order valence-electron chi connectivity index (χ0n) is 13.1. The highest BCUT2D eigenvalue weighted by molar-refractivity contribution is 7.12. The van der Waals surface area contributed by atoms with E-state index in [4.69, 9.17) is 0 Å². The number of nitrogens with one attached hydrogen (secondary N) is 2. The summed E-state index contributed by atoms with van der Waals surface area (Å²) in [5.41, 5.74) is 0.266. The molecule has 2 rings (SSSR count). The largest absolute Gasteiger partial charge is 0.484 e. The van der Waals surface area contributed by atoms with E-state index in [1.54, 1.807) is 17.5 Å². The molecular weight excluding hydrogens is 357 g/mol. The van der Waals surface area contributed by atoms with Crippen LogP contribution in [-0.2, 0) is 4.79 Å². The maximum atomic E-state index is 12.2. The van der Waals surface area contributed by atoms with Gasteiger partial charge in [-0.3, -0.25) is 9.59 Å². The van der Waals surface area contributed by atoms with Crippen LogP contribution in [0, 0.1) is 0 Å². The fourth-order valence-electron chi connectivity index (χ4n) is 1.82. The average Bonchev–Trinajstić information content (AvgIpc) is 3.07. The fourth-order valence-corrected chi connectivity index (χ4v) is 2.45. The van der Waals surface area contributed by atoms with Gasteiger partial charge in [-0.2, -0.15) is 13.2 Å². The van der Waals surface area contributed by atoms with Crippen LogP contribution in [0.4, 0.5) is 18.9 Å². The molecule has 25 heavy (non-hydrogen) atoms. The molecule has 1 aromatic heterocycles. The van der Waals surface area contributed by atoms with Gasteiger partial charge in [-0.15, -0.1) is 11.3 Å². The van der Waals surface area contributed by atoms with Crippen LogP contribution in [0.1, 0.15) is 16.6 Å². The van der Waals surface area contributed by atoms with Gasteiger partial charge in [0, 0.05) is 11.8 Å². The number of hydrogen-bond donors (Lipinski definition) is 2. The third-order valence-electron chi connectivity index (χ3n) is 2.99. The lowest BCUT2D eigenvalue weighted by molar-refractivity contribution is -0.153. The third kappa shape index (κ3) is 6.11. The van der Waals surface area contributed by atoms with E-state index in [2.05, 4.69) is 15.4 Å². The number of anilines is 1. The number of benzene rings is 1. The monoisotopic (exact) mass is 372 g/mol. The molecule has 5 nitrogen and oxygen atoms in total. The molecule has 9 heteroatoms. The van der Waals surface area contributed by atoms with Crippen LogP contribution in [0.5, 0.6) is 5.75 Å². The summed E-state index contributed by atoms with van der Waals surface area (Å²) in [5, 5.41) is 6.80. The number of hydrogen-bond acceptors (Lipinski definition) is 4. The van der Waals surface area contributed by atoms with Gasteiger partial charge in [-0.1, -0.05) is 12.1 Å². The van der Waals surface area contributed by atoms with Crippen molar-refractivity contribution in [2.45, 2.75) is 19.1 Å². The number of rotatable bonds is 6. The number of ether oxygens (including phenoxy) is 1. The second-order valence-corrected chi connectivity index (χ2v) is 6.04. The van der Waals surface area contributed by atoms with Crippen molar-refractivity contribution in [2.24, 2.45) is 0 Å². The molecule has 0 saturated heterocycles. The minimum atomic E-state index is -4.44. The summed E-state index contributed by atoms with van der Waals surface area (Å²) in [4.78, 5) is 24.5. The number of carbonyl (C=O) groups is 2. The van der Waals surface area contributed by atoms with Crippen LogP contribution in [0.25, 0.3) is 0 Å². The minimum Gasteiger partial charge on any atom is -0.484 e. The Morgan fingerprint density at radius 1 is 1.24 bits per heavy atom. The summed E-state index contributed by atoms with van der Waals surface area (Å²) in [6.07, 6.45) is -4.44. The first-order chi connectivity index (χ1) is 11.7. The average molecular weight is 372 g/mol. The first-order valence-corrected chi connectivity index (χ1v) is 8.07. The van der Waals surface area contributed by atoms with Crippen molar-refractivity contribution in [2.75, 3.05) is 11.9 Å². The second kappa shape index (κ2) is 8.02. The molecule has 2 amide bonds. The number of halogens is 3. The second-order valence-electron chi connectivity index (χ2n) is 5.09. The van der Waals surface area contributed by atoms with E-state index >= 15 is 0 Å². The zero-order chi connectivity index (χ0) is 18.4. The number of alkyl halides is 3. The van der Waals surface area contributed by atoms with E-state index < -0.39 is 24.7 Å². The van der Waals surface area contributed by atoms with Crippen molar-refractivity contribution in [1.29, 1.82) is 0 Å². The fraction of sp³-hybridized carbons (Fsp3) is 0.250. The number of carbonyl (C=O) groups excluding carboxylic acids is 2. The van der Waals surface area contributed by atoms with Gasteiger partial charge in [0.25, 0.3) is 5.91 Å². The number of amides is 2. The van der Waals surface area contributed by atoms with Gasteiger partial charge in [-0.25, -0.2) is 0 Å². The quantitative estimate of drug-likeness (QED) is 0.816. The lowest BCUT2D eigenvalue weighted by atomic mass is 10.2. The molecule has 0 radical (unpaired) electrons. The van der Waals surface area contributed by atoms with Crippen LogP contribution in [0.3, 0.4) is 0 Å². The molecule has 0 saturated carbocycles. The lowest BCUT2D eigenvalue weighted by Gasteiger charge is -2.14. The van der Waals surface area contributed by atoms with Gasteiger partial charge in [0.05, 0.1) is 4.88 Å². The van der Waals surface area contributed by atoms with Crippen LogP contribution in [-0.4, -0.2) is 30.6 Å². The van der Waals surface area contributed by atoms with Gasteiger partial charge < -0.3 is 15.4 Å². The summed E-state index contributed by atoms with van der Waals surface area (Å²) in [7, 11) is 0. The third-order valence-corrected chi connectivity index (χ3v) is 3.86. The maximum absolute atomic E-state index is 12.2. The van der Waals surface area contributed by atoms with Crippen molar-refractivity contribution in [1.82, 2.24) is 5.32 Å². The van der Waals surface area contributed by atoms with Gasteiger partial charge in [0.2, 0.25) is 5.91 Å². The van der Waals surface area contributed by atoms with Crippen LogP contribution < -0.4 is 15.4 Å². The van der Waals surface area contributed by atoms with Crippen LogP contribution >= 0.6 is 11.3 Å². The van der Waals surface area contributed by atoms with Gasteiger partial charge in [-0.05, 0) is 30.5 Å². The Kier molecular flexibility index (Phi) is 6.02. The topological polar surface area (TPSA) is 67.4 Å². The summed E-state index contributed by atoms with van der Waals surface area (Å²) >= 11 is 1.25. The molecule has 2 N–H and O–H groups in total. The highest BCUT2D eigenvalue weighted by Gasteiger charge is 2.28. The van der Waals surface area contributed by atoms with E-state index in [-0.39, 0.29) is 17.3 Å². The molecule has 134 valence electrons. The molecule has 1 unspecified atom stereocenters. The summed E-state index contributed by atoms with van der Waals surface area (Å²) in [6.45, 7) is 0.0858. The molecule has 0 fully saturated rings. The van der Waals surface area contributed by atoms with Gasteiger partial charge in [0.15, 0.2) is 6.61 Å². The molecule has 1 heterocycles. The lowest BCUT2D eigenvalue weighted by Crippen LogP contribution is -2.41. The Morgan fingerprint density at radius 2 is 2.00 bits per heavy atom. The van der Waals surface area contributed by atoms with E-state index in [0.717, 1.165) is 0 Å². The van der Waals surface area contributed by atoms with Crippen molar-refractivity contribution < 1.29 is 27.5 Å². The van der Waals surface area contributed by atoms with Crippen molar-refractivity contribution in [3.05, 3.63) is 46.7 Å². The Morgan fingerprint density at radius 3 is 2.64 bits per heavy atom. The first-order valence-electron chi connectivity index (χ1n) is 7.19. The zero-order valence-corrected chi connectivity index (χ0v) is 13.9. The Hall–Kier alpha value is -2.55. The Balaban J connectivity index is 1.92. The smallest absolute Gasteiger partial charge is 0.422 e. The maximum Gasteiger partial charge on any atom is 0.422 e. The molecule has 0 aliphatic heterocycles. The molecule has 0 spiro atoms. The molecule has 0 aliphatic carbocycles. The van der Waals surface area contributed by atoms with Crippen molar-refractivity contribution >= 4 is 28.8 Å². The van der Waals surface area contributed by atoms with Crippen LogP contribution in [0.15, 0.2) is 41.8 Å². The molecule has 1 atom stereocenters. The minimum absolute atomic E-state index is 0.0228. The molecule has 0 bridgehead atoms. The van der Waals surface area contributed by atoms with Crippen LogP contribution in [0.2, 0.25) is 0 Å². The molecular formula is C16H15F3N2O3S. The predicted molar refractivity (Wildman–Crippen MR) is 87.9 cm³/mol. The number of thiophene rings is 1. The standard InChI is InChI=1S/C16H15F3N2O3S/c1-10(20-15(23)13-6-3-7-25-13)14(22)21-11-4-2-5-12(8-11)24-9-16(17,18)19/h2-8,10H,9H2,1H3,(H,20,23)(H,21,22). The Bertz CT molecular complexity index is 732. The van der Waals surface area contributed by atoms with E-state index in [0.29, 0.717) is 4.88 Å². The summed E-state index contributed by atoms with van der Waals surface area (Å²) in [6, 6.07) is 8.11. The predicted octanol–water partition coefficient (Wildman–Crippen LogP) is 3.45. The summed E-state index contributed by atoms with van der Waals surface area (Å²) < 4.78 is 41.1. The first kappa shape index (κ1) is 18.8. The van der Waals surface area contributed by atoms with Gasteiger partial charge >= 0.3 is 6.18 Å². The summed E-state index contributed by atoms with van der Waals surface area (Å²) in [5.74, 6) is -0.900. The molecule has 2 aromatic rings. The highest BCUT2D eigenvalue weighted by Crippen LogP contribution is 2.21. The van der Waals surface area contributed by atoms with Crippen molar-refractivity contribution in [3.8, 4) is 5.75 Å². The van der Waals surface area contributed by atoms with E-state index in [1.165, 1.54) is 42.5 Å². The normalized spacial score (nSPS) is 12.3. The SMILES string of the molecule is CC(NC(=O)c1cccs1)C(=O)Nc1cccc(OCC(F)(F)F)c1. The van der Waals surface area contributed by atoms with E-state index in [1.807, 2.05) is 0 Å². The van der Waals surface area contributed by atoms with Gasteiger partial charge in [0.1, 0.15) is 11.8 Å². The highest BCUT2D eigenvalue weighted by atomic mass is 32.1. The van der Waals surface area contributed by atoms with E-state index in [9.17, 15) is 22.8 Å². The molecule has 0 aliphatic rings. The Labute approximate surface area is 145 Å². The van der Waals surface area contributed by atoms with Crippen molar-refractivity contribution in [3.63, 3.8) is 0 Å². The molecule has 1 aromatic carbocycles.